The number of fused-ring (bicyclic) bond motifs is 1. The highest BCUT2D eigenvalue weighted by atomic mass is 16.5. The second-order valence-electron chi connectivity index (χ2n) is 5.86. The summed E-state index contributed by atoms with van der Waals surface area (Å²) in [4.78, 5) is 11.4. The van der Waals surface area contributed by atoms with E-state index in [0.29, 0.717) is 12.1 Å². The number of ether oxygens (including phenoxy) is 2. The van der Waals surface area contributed by atoms with Gasteiger partial charge in [0.2, 0.25) is 5.91 Å². The molecule has 5 nitrogen and oxygen atoms in total. The predicted molar refractivity (Wildman–Crippen MR) is 81.5 cm³/mol. The number of hydrogen-bond donors (Lipinski definition) is 2. The number of methoxy groups -OCH3 is 1. The summed E-state index contributed by atoms with van der Waals surface area (Å²) in [7, 11) is 1.75. The van der Waals surface area contributed by atoms with E-state index in [-0.39, 0.29) is 18.1 Å². The third kappa shape index (κ3) is 3.13. The van der Waals surface area contributed by atoms with Crippen LogP contribution in [0.2, 0.25) is 0 Å². The van der Waals surface area contributed by atoms with Crippen LogP contribution in [0.4, 0.5) is 11.4 Å². The zero-order valence-electron chi connectivity index (χ0n) is 12.4. The van der Waals surface area contributed by atoms with E-state index < -0.39 is 0 Å². The summed E-state index contributed by atoms with van der Waals surface area (Å²) >= 11 is 0. The Morgan fingerprint density at radius 3 is 2.86 bits per heavy atom. The van der Waals surface area contributed by atoms with Gasteiger partial charge in [-0.05, 0) is 43.4 Å². The number of carbonyl (C=O) groups is 1. The van der Waals surface area contributed by atoms with Crippen molar-refractivity contribution in [2.45, 2.75) is 50.7 Å². The Kier molecular flexibility index (Phi) is 4.01. The molecule has 5 heteroatoms. The Labute approximate surface area is 124 Å². The van der Waals surface area contributed by atoms with Crippen molar-refractivity contribution in [3.63, 3.8) is 0 Å². The number of aryl methyl sites for hydroxylation is 1. The molecule has 1 heterocycles. The molecular formula is C16H22N2O3. The molecule has 1 fully saturated rings. The van der Waals surface area contributed by atoms with Crippen LogP contribution in [0.1, 0.15) is 37.7 Å². The molecule has 2 aliphatic rings. The van der Waals surface area contributed by atoms with Crippen LogP contribution in [0, 0.1) is 0 Å². The van der Waals surface area contributed by atoms with Crippen molar-refractivity contribution in [3.05, 3.63) is 17.7 Å². The number of benzene rings is 1. The molecule has 0 radical (unpaired) electrons. The van der Waals surface area contributed by atoms with Crippen LogP contribution in [0.25, 0.3) is 0 Å². The lowest BCUT2D eigenvalue weighted by Crippen LogP contribution is -2.29. The minimum atomic E-state index is 0.0470. The zero-order chi connectivity index (χ0) is 14.8. The van der Waals surface area contributed by atoms with Crippen molar-refractivity contribution >= 4 is 17.3 Å². The van der Waals surface area contributed by atoms with E-state index in [0.717, 1.165) is 49.1 Å². The van der Waals surface area contributed by atoms with Crippen LogP contribution in [0.3, 0.4) is 0 Å². The minimum absolute atomic E-state index is 0.0470. The second kappa shape index (κ2) is 5.93. The molecule has 2 atom stereocenters. The van der Waals surface area contributed by atoms with E-state index in [9.17, 15) is 4.79 Å². The first-order valence-corrected chi connectivity index (χ1v) is 7.57. The van der Waals surface area contributed by atoms with Gasteiger partial charge >= 0.3 is 0 Å². The normalized spacial score (nSPS) is 25.1. The van der Waals surface area contributed by atoms with Gasteiger partial charge < -0.3 is 20.5 Å². The lowest BCUT2D eigenvalue weighted by atomic mass is 9.94. The fourth-order valence-electron chi connectivity index (χ4n) is 3.13. The number of nitrogens with one attached hydrogen (secondary N) is 1. The second-order valence-corrected chi connectivity index (χ2v) is 5.86. The van der Waals surface area contributed by atoms with E-state index in [4.69, 9.17) is 15.2 Å². The summed E-state index contributed by atoms with van der Waals surface area (Å²) in [5.41, 5.74) is 8.56. The van der Waals surface area contributed by atoms with E-state index in [1.807, 2.05) is 6.07 Å². The third-order valence-corrected chi connectivity index (χ3v) is 4.34. The summed E-state index contributed by atoms with van der Waals surface area (Å²) in [5, 5.41) is 2.85. The fraction of sp³-hybridized carbons (Fsp3) is 0.562. The summed E-state index contributed by atoms with van der Waals surface area (Å²) in [6.07, 6.45) is 5.85. The molecule has 21 heavy (non-hydrogen) atoms. The minimum Gasteiger partial charge on any atom is -0.488 e. The molecule has 1 saturated carbocycles. The number of hydrogen-bond acceptors (Lipinski definition) is 4. The molecule has 0 aromatic heterocycles. The van der Waals surface area contributed by atoms with Gasteiger partial charge in [0.1, 0.15) is 11.9 Å². The molecule has 0 bridgehead atoms. The summed E-state index contributed by atoms with van der Waals surface area (Å²) in [5.74, 6) is 0.775. The van der Waals surface area contributed by atoms with E-state index in [1.165, 1.54) is 0 Å². The maximum absolute atomic E-state index is 11.4. The van der Waals surface area contributed by atoms with Crippen molar-refractivity contribution < 1.29 is 14.3 Å². The van der Waals surface area contributed by atoms with Gasteiger partial charge in [-0.1, -0.05) is 0 Å². The Balaban J connectivity index is 1.75. The first kappa shape index (κ1) is 14.2. The molecule has 1 aromatic rings. The third-order valence-electron chi connectivity index (χ3n) is 4.34. The number of carbonyl (C=O) groups excluding carboxylic acids is 1. The smallest absolute Gasteiger partial charge is 0.224 e. The molecule has 1 aliphatic heterocycles. The highest BCUT2D eigenvalue weighted by molar-refractivity contribution is 5.94. The monoisotopic (exact) mass is 290 g/mol. The molecular weight excluding hydrogens is 268 g/mol. The molecule has 1 amide bonds. The van der Waals surface area contributed by atoms with Crippen molar-refractivity contribution in [3.8, 4) is 5.75 Å². The Bertz CT molecular complexity index is 545. The topological polar surface area (TPSA) is 73.6 Å². The summed E-state index contributed by atoms with van der Waals surface area (Å²) in [6.45, 7) is 0. The van der Waals surface area contributed by atoms with Gasteiger partial charge in [-0.2, -0.15) is 0 Å². The summed E-state index contributed by atoms with van der Waals surface area (Å²) in [6, 6.07) is 3.78. The number of amides is 1. The van der Waals surface area contributed by atoms with Crippen molar-refractivity contribution in [1.29, 1.82) is 0 Å². The average molecular weight is 290 g/mol. The lowest BCUT2D eigenvalue weighted by molar-refractivity contribution is -0.116. The molecule has 1 aromatic carbocycles. The van der Waals surface area contributed by atoms with Gasteiger partial charge in [0.15, 0.2) is 0 Å². The van der Waals surface area contributed by atoms with Crippen LogP contribution in [-0.2, 0) is 16.0 Å². The van der Waals surface area contributed by atoms with E-state index in [1.54, 1.807) is 13.2 Å². The lowest BCUT2D eigenvalue weighted by Gasteiger charge is -2.29. The van der Waals surface area contributed by atoms with Gasteiger partial charge in [0.25, 0.3) is 0 Å². The van der Waals surface area contributed by atoms with Crippen molar-refractivity contribution in [2.24, 2.45) is 0 Å². The maximum Gasteiger partial charge on any atom is 0.224 e. The van der Waals surface area contributed by atoms with Crippen LogP contribution in [0.15, 0.2) is 12.1 Å². The van der Waals surface area contributed by atoms with Crippen molar-refractivity contribution in [1.82, 2.24) is 0 Å². The Morgan fingerprint density at radius 2 is 2.05 bits per heavy atom. The maximum atomic E-state index is 11.4. The number of rotatable bonds is 3. The van der Waals surface area contributed by atoms with Crippen LogP contribution in [0.5, 0.6) is 5.75 Å². The molecule has 3 N–H and O–H groups in total. The average Bonchev–Trinajstić information content (AvgIpc) is 2.48. The largest absolute Gasteiger partial charge is 0.488 e. The van der Waals surface area contributed by atoms with Gasteiger partial charge in [-0.15, -0.1) is 0 Å². The highest BCUT2D eigenvalue weighted by Crippen LogP contribution is 2.34. The van der Waals surface area contributed by atoms with Crippen molar-refractivity contribution in [2.75, 3.05) is 18.2 Å². The van der Waals surface area contributed by atoms with E-state index in [2.05, 4.69) is 5.32 Å². The number of nitrogens with two attached hydrogens (primary N) is 1. The Morgan fingerprint density at radius 1 is 1.24 bits per heavy atom. The van der Waals surface area contributed by atoms with Gasteiger partial charge in [0, 0.05) is 25.6 Å². The molecule has 2 unspecified atom stereocenters. The van der Waals surface area contributed by atoms with E-state index >= 15 is 0 Å². The molecule has 0 spiro atoms. The molecule has 1 aliphatic carbocycles. The standard InChI is InChI=1S/C16H22N2O3/c1-20-11-3-2-4-12(8-11)21-15-7-10-5-6-16(19)18-14(10)9-13(15)17/h7,9,11-12H,2-6,8,17H2,1H3,(H,18,19). The predicted octanol–water partition coefficient (Wildman–Crippen LogP) is 2.49. The Hall–Kier alpha value is -1.75. The first-order valence-electron chi connectivity index (χ1n) is 7.57. The highest BCUT2D eigenvalue weighted by Gasteiger charge is 2.24. The summed E-state index contributed by atoms with van der Waals surface area (Å²) < 4.78 is 11.5. The molecule has 3 rings (SSSR count). The number of anilines is 2. The van der Waals surface area contributed by atoms with Gasteiger partial charge in [-0.3, -0.25) is 4.79 Å². The molecule has 0 saturated heterocycles. The van der Waals surface area contributed by atoms with Crippen LogP contribution >= 0.6 is 0 Å². The van der Waals surface area contributed by atoms with Gasteiger partial charge in [0.05, 0.1) is 11.8 Å². The zero-order valence-corrected chi connectivity index (χ0v) is 12.4. The number of nitrogen functional groups attached to an aromatic ring is 1. The molecule has 114 valence electrons. The fourth-order valence-corrected chi connectivity index (χ4v) is 3.13. The SMILES string of the molecule is COC1CCCC(Oc2cc3c(cc2N)NC(=O)CC3)C1. The first-order chi connectivity index (χ1) is 10.2. The quantitative estimate of drug-likeness (QED) is 0.839. The van der Waals surface area contributed by atoms with Crippen LogP contribution < -0.4 is 15.8 Å². The van der Waals surface area contributed by atoms with Crippen LogP contribution in [-0.4, -0.2) is 25.2 Å². The van der Waals surface area contributed by atoms with Gasteiger partial charge in [-0.25, -0.2) is 0 Å².